The fraction of sp³-hybridized carbons (Fsp3) is 0.480. The summed E-state index contributed by atoms with van der Waals surface area (Å²) in [6, 6.07) is 15.9. The lowest BCUT2D eigenvalue weighted by Gasteiger charge is -2.43. The lowest BCUT2D eigenvalue weighted by atomic mass is 9.62. The largest absolute Gasteiger partial charge is 0.320 e. The molecule has 0 N–H and O–H groups in total. The molecule has 0 saturated heterocycles. The zero-order valence-corrected chi connectivity index (χ0v) is 17.3. The predicted octanol–water partition coefficient (Wildman–Crippen LogP) is 5.89. The number of nitrogens with zero attached hydrogens (tertiary/aromatic N) is 2. The molecular formula is C25H28N2S. The molecule has 2 nitrogen and oxygen atoms in total. The standard InChI is InChI=1S/C25H28N2S/c1-2-5-21-14-22(11-10-20(21)4-1)25(12-3-13-25)23-17-28-24(26-15-18-6-7-18)27(23)16-19-8-9-19/h1-2,4-5,10-11,14,17-19H,3,6-9,12-13,15-16H2. The Bertz CT molecular complexity index is 1080. The zero-order chi connectivity index (χ0) is 18.6. The molecule has 0 unspecified atom stereocenters. The summed E-state index contributed by atoms with van der Waals surface area (Å²) in [6.45, 7) is 2.21. The smallest absolute Gasteiger partial charge is 0.184 e. The molecule has 144 valence electrons. The fourth-order valence-corrected chi connectivity index (χ4v) is 5.80. The van der Waals surface area contributed by atoms with Crippen LogP contribution in [0.3, 0.4) is 0 Å². The predicted molar refractivity (Wildman–Crippen MR) is 117 cm³/mol. The minimum atomic E-state index is 0.197. The van der Waals surface area contributed by atoms with Crippen LogP contribution in [0.2, 0.25) is 0 Å². The lowest BCUT2D eigenvalue weighted by molar-refractivity contribution is 0.281. The second-order valence-electron chi connectivity index (χ2n) is 9.24. The van der Waals surface area contributed by atoms with Gasteiger partial charge in [-0.1, -0.05) is 48.9 Å². The molecule has 0 atom stereocenters. The van der Waals surface area contributed by atoms with Gasteiger partial charge >= 0.3 is 0 Å². The SMILES string of the molecule is c1ccc2cc(C3(c4csc(=NCC5CC5)n4CC4CC4)CCC3)ccc2c1. The fourth-order valence-electron chi connectivity index (χ4n) is 4.79. The van der Waals surface area contributed by atoms with E-state index in [-0.39, 0.29) is 5.41 Å². The number of fused-ring (bicyclic) bond motifs is 1. The first kappa shape index (κ1) is 17.0. The molecule has 1 aromatic heterocycles. The Balaban J connectivity index is 1.45. The van der Waals surface area contributed by atoms with Crippen LogP contribution in [0.5, 0.6) is 0 Å². The van der Waals surface area contributed by atoms with Crippen LogP contribution in [0.15, 0.2) is 52.8 Å². The molecule has 0 spiro atoms. The Hall–Kier alpha value is -1.87. The van der Waals surface area contributed by atoms with E-state index in [9.17, 15) is 0 Å². The quantitative estimate of drug-likeness (QED) is 0.501. The molecule has 2 aromatic carbocycles. The maximum atomic E-state index is 5.07. The van der Waals surface area contributed by atoms with E-state index in [0.29, 0.717) is 0 Å². The van der Waals surface area contributed by atoms with Crippen LogP contribution < -0.4 is 4.80 Å². The first-order chi connectivity index (χ1) is 13.8. The molecule has 3 aromatic rings. The number of hydrogen-bond acceptors (Lipinski definition) is 2. The Labute approximate surface area is 170 Å². The van der Waals surface area contributed by atoms with E-state index in [1.165, 1.54) is 72.6 Å². The summed E-state index contributed by atoms with van der Waals surface area (Å²) in [7, 11) is 0. The molecule has 6 rings (SSSR count). The first-order valence-electron chi connectivity index (χ1n) is 11.0. The van der Waals surface area contributed by atoms with Crippen molar-refractivity contribution in [3.05, 3.63) is 63.9 Å². The topological polar surface area (TPSA) is 17.3 Å². The molecule has 0 radical (unpaired) electrons. The van der Waals surface area contributed by atoms with Gasteiger partial charge in [-0.2, -0.15) is 0 Å². The number of hydrogen-bond donors (Lipinski definition) is 0. The zero-order valence-electron chi connectivity index (χ0n) is 16.4. The maximum Gasteiger partial charge on any atom is 0.184 e. The van der Waals surface area contributed by atoms with Crippen molar-refractivity contribution in [1.82, 2.24) is 4.57 Å². The monoisotopic (exact) mass is 388 g/mol. The average molecular weight is 389 g/mol. The molecule has 3 heteroatoms. The third-order valence-electron chi connectivity index (χ3n) is 7.12. The van der Waals surface area contributed by atoms with Crippen LogP contribution in [0.4, 0.5) is 0 Å². The van der Waals surface area contributed by atoms with Gasteiger partial charge < -0.3 is 4.57 Å². The highest BCUT2D eigenvalue weighted by Crippen LogP contribution is 2.50. The van der Waals surface area contributed by atoms with Crippen molar-refractivity contribution in [2.24, 2.45) is 16.8 Å². The Morgan fingerprint density at radius 3 is 2.46 bits per heavy atom. The van der Waals surface area contributed by atoms with Crippen molar-refractivity contribution in [3.63, 3.8) is 0 Å². The highest BCUT2D eigenvalue weighted by atomic mass is 32.1. The van der Waals surface area contributed by atoms with Crippen LogP contribution in [-0.4, -0.2) is 11.1 Å². The molecule has 28 heavy (non-hydrogen) atoms. The van der Waals surface area contributed by atoms with Gasteiger partial charge in [-0.15, -0.1) is 11.3 Å². The van der Waals surface area contributed by atoms with Crippen LogP contribution in [0.25, 0.3) is 10.8 Å². The summed E-state index contributed by atoms with van der Waals surface area (Å²) in [6.07, 6.45) is 9.43. The van der Waals surface area contributed by atoms with Gasteiger partial charge in [0.25, 0.3) is 0 Å². The molecule has 0 bridgehead atoms. The van der Waals surface area contributed by atoms with E-state index >= 15 is 0 Å². The lowest BCUT2D eigenvalue weighted by Crippen LogP contribution is -2.39. The number of benzene rings is 2. The van der Waals surface area contributed by atoms with Gasteiger partial charge in [0.2, 0.25) is 0 Å². The van der Waals surface area contributed by atoms with Crippen LogP contribution in [-0.2, 0) is 12.0 Å². The van der Waals surface area contributed by atoms with Crippen LogP contribution >= 0.6 is 11.3 Å². The van der Waals surface area contributed by atoms with E-state index < -0.39 is 0 Å². The van der Waals surface area contributed by atoms with Gasteiger partial charge in [-0.05, 0) is 66.7 Å². The van der Waals surface area contributed by atoms with Gasteiger partial charge in [0.05, 0.1) is 0 Å². The van der Waals surface area contributed by atoms with Crippen molar-refractivity contribution in [1.29, 1.82) is 0 Å². The highest BCUT2D eigenvalue weighted by molar-refractivity contribution is 7.07. The van der Waals surface area contributed by atoms with E-state index in [4.69, 9.17) is 4.99 Å². The number of rotatable bonds is 6. The summed E-state index contributed by atoms with van der Waals surface area (Å²) < 4.78 is 2.62. The van der Waals surface area contributed by atoms with E-state index in [1.54, 1.807) is 5.69 Å². The third-order valence-corrected chi connectivity index (χ3v) is 8.02. The van der Waals surface area contributed by atoms with E-state index in [0.717, 1.165) is 18.4 Å². The Kier molecular flexibility index (Phi) is 4.01. The molecule has 3 aliphatic carbocycles. The molecule has 3 saturated carbocycles. The van der Waals surface area contributed by atoms with Crippen molar-refractivity contribution >= 4 is 22.1 Å². The van der Waals surface area contributed by atoms with Crippen LogP contribution in [0, 0.1) is 11.8 Å². The van der Waals surface area contributed by atoms with Crippen LogP contribution in [0.1, 0.15) is 56.2 Å². The van der Waals surface area contributed by atoms with Crippen molar-refractivity contribution in [3.8, 4) is 0 Å². The summed E-state index contributed by atoms with van der Waals surface area (Å²) >= 11 is 1.89. The normalized spacial score (nSPS) is 21.8. The summed E-state index contributed by atoms with van der Waals surface area (Å²) in [5.74, 6) is 1.74. The van der Waals surface area contributed by atoms with Crippen molar-refractivity contribution in [2.45, 2.75) is 56.9 Å². The minimum absolute atomic E-state index is 0.197. The van der Waals surface area contributed by atoms with Gasteiger partial charge in [-0.25, -0.2) is 0 Å². The molecule has 0 aliphatic heterocycles. The minimum Gasteiger partial charge on any atom is -0.320 e. The van der Waals surface area contributed by atoms with Crippen molar-refractivity contribution in [2.75, 3.05) is 6.54 Å². The highest BCUT2D eigenvalue weighted by Gasteiger charge is 2.43. The molecule has 1 heterocycles. The Morgan fingerprint density at radius 1 is 0.964 bits per heavy atom. The molecule has 0 amide bonds. The average Bonchev–Trinajstić information content (AvgIpc) is 3.60. The van der Waals surface area contributed by atoms with Gasteiger partial charge in [0.15, 0.2) is 4.80 Å². The van der Waals surface area contributed by atoms with E-state index in [2.05, 4.69) is 52.4 Å². The van der Waals surface area contributed by atoms with Gasteiger partial charge in [0, 0.05) is 29.6 Å². The third kappa shape index (κ3) is 2.95. The maximum absolute atomic E-state index is 5.07. The first-order valence-corrected chi connectivity index (χ1v) is 11.9. The second-order valence-corrected chi connectivity index (χ2v) is 10.1. The number of aromatic nitrogens is 1. The second kappa shape index (κ2) is 6.59. The van der Waals surface area contributed by atoms with Gasteiger partial charge in [-0.3, -0.25) is 4.99 Å². The number of thiazole rings is 1. The molecule has 3 fully saturated rings. The molecule has 3 aliphatic rings. The van der Waals surface area contributed by atoms with Gasteiger partial charge in [0.1, 0.15) is 0 Å². The Morgan fingerprint density at radius 2 is 1.75 bits per heavy atom. The van der Waals surface area contributed by atoms with E-state index in [1.807, 2.05) is 11.3 Å². The summed E-state index contributed by atoms with van der Waals surface area (Å²) in [5, 5.41) is 5.16. The summed E-state index contributed by atoms with van der Waals surface area (Å²) in [4.78, 5) is 6.35. The molecular weight excluding hydrogens is 360 g/mol. The summed E-state index contributed by atoms with van der Waals surface area (Å²) in [5.41, 5.74) is 3.25. The van der Waals surface area contributed by atoms with Crippen molar-refractivity contribution < 1.29 is 0 Å².